The summed E-state index contributed by atoms with van der Waals surface area (Å²) in [5.74, 6) is 0.368. The van der Waals surface area contributed by atoms with Crippen LogP contribution in [0, 0.1) is 5.92 Å². The standard InChI is InChI=1S/C24H26N2O2S/c1-3-14-26-20-15-17(23(27)25-19-10-6-4-8-16(19)2)12-13-22(20)29-21-11-7-5-9-18(21)24(26)28/h3,5,7,9,11-13,15-16,19H,1,4,6,8,10,14H2,2H3,(H,25,27)/t16-,19+/m1/s1. The quantitative estimate of drug-likeness (QED) is 0.702. The van der Waals surface area contributed by atoms with Gasteiger partial charge in [0, 0.05) is 27.9 Å². The predicted octanol–water partition coefficient (Wildman–Crippen LogP) is 5.29. The lowest BCUT2D eigenvalue weighted by atomic mass is 9.86. The monoisotopic (exact) mass is 406 g/mol. The van der Waals surface area contributed by atoms with Gasteiger partial charge < -0.3 is 10.2 Å². The molecule has 0 aromatic heterocycles. The summed E-state index contributed by atoms with van der Waals surface area (Å²) in [4.78, 5) is 29.8. The van der Waals surface area contributed by atoms with E-state index in [-0.39, 0.29) is 17.9 Å². The molecule has 4 rings (SSSR count). The van der Waals surface area contributed by atoms with Gasteiger partial charge in [0.05, 0.1) is 11.3 Å². The van der Waals surface area contributed by atoms with Crippen molar-refractivity contribution in [2.75, 3.05) is 11.4 Å². The van der Waals surface area contributed by atoms with Crippen LogP contribution in [0.15, 0.2) is 64.9 Å². The Bertz CT molecular complexity index is 956. The van der Waals surface area contributed by atoms with Crippen LogP contribution in [0.3, 0.4) is 0 Å². The number of nitrogens with one attached hydrogen (secondary N) is 1. The molecule has 0 saturated heterocycles. The minimum atomic E-state index is -0.0655. The third-order valence-electron chi connectivity index (χ3n) is 5.83. The van der Waals surface area contributed by atoms with Crippen molar-refractivity contribution in [1.29, 1.82) is 0 Å². The predicted molar refractivity (Wildman–Crippen MR) is 118 cm³/mol. The maximum atomic E-state index is 13.2. The normalized spacial score (nSPS) is 21.0. The van der Waals surface area contributed by atoms with Crippen molar-refractivity contribution in [3.05, 3.63) is 66.2 Å². The summed E-state index contributed by atoms with van der Waals surface area (Å²) in [6, 6.07) is 13.5. The van der Waals surface area contributed by atoms with Gasteiger partial charge in [-0.15, -0.1) is 6.58 Å². The van der Waals surface area contributed by atoms with Gasteiger partial charge in [-0.1, -0.05) is 49.7 Å². The lowest BCUT2D eigenvalue weighted by molar-refractivity contribution is 0.0908. The number of nitrogens with zero attached hydrogens (tertiary/aromatic N) is 1. The summed E-state index contributed by atoms with van der Waals surface area (Å²) in [6.45, 7) is 6.41. The number of carbonyl (C=O) groups is 2. The second-order valence-electron chi connectivity index (χ2n) is 7.83. The Hall–Kier alpha value is -2.53. The van der Waals surface area contributed by atoms with Crippen molar-refractivity contribution in [3.8, 4) is 0 Å². The number of hydrogen-bond donors (Lipinski definition) is 1. The molecule has 1 fully saturated rings. The van der Waals surface area contributed by atoms with Gasteiger partial charge in [-0.2, -0.15) is 0 Å². The van der Waals surface area contributed by atoms with E-state index in [1.165, 1.54) is 6.42 Å². The van der Waals surface area contributed by atoms with Gasteiger partial charge in [-0.3, -0.25) is 9.59 Å². The molecule has 0 radical (unpaired) electrons. The maximum absolute atomic E-state index is 13.2. The molecule has 4 nitrogen and oxygen atoms in total. The fourth-order valence-electron chi connectivity index (χ4n) is 4.15. The third-order valence-corrected chi connectivity index (χ3v) is 6.98. The van der Waals surface area contributed by atoms with E-state index in [1.807, 2.05) is 42.5 Å². The van der Waals surface area contributed by atoms with Crippen LogP contribution in [0.4, 0.5) is 5.69 Å². The molecule has 0 unspecified atom stereocenters. The summed E-state index contributed by atoms with van der Waals surface area (Å²) in [5.41, 5.74) is 2.04. The van der Waals surface area contributed by atoms with Gasteiger partial charge in [-0.05, 0) is 49.1 Å². The van der Waals surface area contributed by atoms with Gasteiger partial charge in [0.1, 0.15) is 0 Å². The van der Waals surface area contributed by atoms with Gasteiger partial charge in [0.15, 0.2) is 0 Å². The smallest absolute Gasteiger partial charge is 0.259 e. The van der Waals surface area contributed by atoms with Crippen molar-refractivity contribution in [3.63, 3.8) is 0 Å². The van der Waals surface area contributed by atoms with Crippen LogP contribution in [0.25, 0.3) is 0 Å². The van der Waals surface area contributed by atoms with Crippen LogP contribution in [-0.4, -0.2) is 24.4 Å². The third kappa shape index (κ3) is 3.97. The molecule has 29 heavy (non-hydrogen) atoms. The highest BCUT2D eigenvalue weighted by molar-refractivity contribution is 7.99. The molecule has 1 aliphatic carbocycles. The Balaban J connectivity index is 1.67. The van der Waals surface area contributed by atoms with Crippen LogP contribution in [0.2, 0.25) is 0 Å². The molecule has 150 valence electrons. The van der Waals surface area contributed by atoms with E-state index >= 15 is 0 Å². The summed E-state index contributed by atoms with van der Waals surface area (Å²) >= 11 is 1.56. The van der Waals surface area contributed by atoms with Gasteiger partial charge in [0.25, 0.3) is 11.8 Å². The van der Waals surface area contributed by atoms with E-state index in [2.05, 4.69) is 18.8 Å². The van der Waals surface area contributed by atoms with E-state index in [1.54, 1.807) is 22.7 Å². The minimum absolute atomic E-state index is 0.0646. The molecule has 2 aliphatic rings. The molecule has 1 heterocycles. The summed E-state index contributed by atoms with van der Waals surface area (Å²) in [6.07, 6.45) is 6.31. The van der Waals surface area contributed by atoms with Gasteiger partial charge in [0.2, 0.25) is 0 Å². The fraction of sp³-hybridized carbons (Fsp3) is 0.333. The van der Waals surface area contributed by atoms with Crippen LogP contribution >= 0.6 is 11.8 Å². The number of anilines is 1. The fourth-order valence-corrected chi connectivity index (χ4v) is 5.21. The first kappa shape index (κ1) is 19.8. The summed E-state index contributed by atoms with van der Waals surface area (Å²) in [5, 5.41) is 3.21. The second kappa shape index (κ2) is 8.46. The molecule has 2 aromatic rings. The number of fused-ring (bicyclic) bond motifs is 2. The second-order valence-corrected chi connectivity index (χ2v) is 8.91. The Morgan fingerprint density at radius 2 is 2.00 bits per heavy atom. The number of amides is 2. The molecular formula is C24H26N2O2S. The van der Waals surface area contributed by atoms with Gasteiger partial charge >= 0.3 is 0 Å². The molecule has 2 atom stereocenters. The molecule has 2 amide bonds. The average Bonchev–Trinajstić information content (AvgIpc) is 2.84. The Morgan fingerprint density at radius 1 is 1.21 bits per heavy atom. The van der Waals surface area contributed by atoms with Crippen molar-refractivity contribution in [1.82, 2.24) is 5.32 Å². The van der Waals surface area contributed by atoms with E-state index < -0.39 is 0 Å². The van der Waals surface area contributed by atoms with Crippen LogP contribution in [0.5, 0.6) is 0 Å². The Morgan fingerprint density at radius 3 is 2.79 bits per heavy atom. The average molecular weight is 407 g/mol. The molecule has 1 N–H and O–H groups in total. The van der Waals surface area contributed by atoms with Crippen LogP contribution in [-0.2, 0) is 0 Å². The Kier molecular flexibility index (Phi) is 5.76. The number of rotatable bonds is 4. The van der Waals surface area contributed by atoms with Crippen molar-refractivity contribution >= 4 is 29.3 Å². The minimum Gasteiger partial charge on any atom is -0.349 e. The molecule has 1 aliphatic heterocycles. The zero-order chi connectivity index (χ0) is 20.4. The SMILES string of the molecule is C=CCN1C(=O)c2ccccc2Sc2ccc(C(=O)N[C@H]3CCCC[C@H]3C)cc21. The topological polar surface area (TPSA) is 49.4 Å². The Labute approximate surface area is 176 Å². The zero-order valence-electron chi connectivity index (χ0n) is 16.7. The molecule has 1 saturated carbocycles. The molecule has 2 aromatic carbocycles. The summed E-state index contributed by atoms with van der Waals surface area (Å²) < 4.78 is 0. The lowest BCUT2D eigenvalue weighted by Gasteiger charge is -2.29. The molecule has 0 spiro atoms. The highest BCUT2D eigenvalue weighted by Crippen LogP contribution is 2.41. The van der Waals surface area contributed by atoms with E-state index in [0.29, 0.717) is 23.6 Å². The van der Waals surface area contributed by atoms with Crippen molar-refractivity contribution in [2.24, 2.45) is 5.92 Å². The van der Waals surface area contributed by atoms with Crippen molar-refractivity contribution in [2.45, 2.75) is 48.4 Å². The van der Waals surface area contributed by atoms with Gasteiger partial charge in [-0.25, -0.2) is 0 Å². The highest BCUT2D eigenvalue weighted by Gasteiger charge is 2.28. The molecular weight excluding hydrogens is 380 g/mol. The molecule has 0 bridgehead atoms. The van der Waals surface area contributed by atoms with Crippen LogP contribution in [0.1, 0.15) is 53.3 Å². The number of benzene rings is 2. The first-order valence-corrected chi connectivity index (χ1v) is 11.0. The highest BCUT2D eigenvalue weighted by atomic mass is 32.2. The molecule has 5 heteroatoms. The zero-order valence-corrected chi connectivity index (χ0v) is 17.5. The number of carbonyl (C=O) groups excluding carboxylic acids is 2. The maximum Gasteiger partial charge on any atom is 0.259 e. The van der Waals surface area contributed by atoms with Crippen molar-refractivity contribution < 1.29 is 9.59 Å². The van der Waals surface area contributed by atoms with E-state index in [9.17, 15) is 9.59 Å². The number of hydrogen-bond acceptors (Lipinski definition) is 3. The first-order valence-electron chi connectivity index (χ1n) is 10.2. The largest absolute Gasteiger partial charge is 0.349 e. The summed E-state index contributed by atoms with van der Waals surface area (Å²) in [7, 11) is 0. The first-order chi connectivity index (χ1) is 14.1. The van der Waals surface area contributed by atoms with Crippen LogP contribution < -0.4 is 10.2 Å². The van der Waals surface area contributed by atoms with E-state index in [4.69, 9.17) is 0 Å². The lowest BCUT2D eigenvalue weighted by Crippen LogP contribution is -2.41. The van der Waals surface area contributed by atoms with E-state index in [0.717, 1.165) is 34.7 Å².